The van der Waals surface area contributed by atoms with Gasteiger partial charge in [0.05, 0.1) is 17.7 Å². The van der Waals surface area contributed by atoms with Gasteiger partial charge in [0.15, 0.2) is 0 Å². The number of fused-ring (bicyclic) bond motifs is 1. The number of H-pyrrole nitrogens is 1. The molecule has 1 unspecified atom stereocenters. The molecule has 11 nitrogen and oxygen atoms in total. The molecule has 0 aliphatic heterocycles. The lowest BCUT2D eigenvalue weighted by Crippen LogP contribution is -2.33. The molecule has 6 rings (SSSR count). The van der Waals surface area contributed by atoms with Gasteiger partial charge in [0.1, 0.15) is 18.1 Å². The third-order valence-corrected chi connectivity index (χ3v) is 9.37. The van der Waals surface area contributed by atoms with E-state index in [0.717, 1.165) is 22.3 Å². The van der Waals surface area contributed by atoms with Crippen molar-refractivity contribution in [3.8, 4) is 11.5 Å². The number of carbonyl (C=O) groups is 2. The first-order valence-electron chi connectivity index (χ1n) is 17.8. The molecule has 0 saturated heterocycles. The van der Waals surface area contributed by atoms with Gasteiger partial charge in [-0.15, -0.1) is 0 Å². The SMILES string of the molecule is O=C(O)NC(c1ccccc1)c1cccc(OCc2ccc(C(=O)N(CCCNC[C@@H](O)c3ccc(O)c4[nH]c(=O)ccc34)Cc3cccc(Cl)c3)cc2)c1. The number of halogens is 1. The van der Waals surface area contributed by atoms with Crippen molar-refractivity contribution in [2.24, 2.45) is 0 Å². The number of benzene rings is 5. The second kappa shape index (κ2) is 18.3. The first-order valence-corrected chi connectivity index (χ1v) is 18.2. The number of carbonyl (C=O) groups excluding carboxylic acids is 1. The van der Waals surface area contributed by atoms with Crippen LogP contribution in [0.3, 0.4) is 0 Å². The average Bonchev–Trinajstić information content (AvgIpc) is 3.19. The van der Waals surface area contributed by atoms with Gasteiger partial charge in [0.2, 0.25) is 5.56 Å². The Labute approximate surface area is 322 Å². The normalized spacial score (nSPS) is 12.2. The Bertz CT molecular complexity index is 2300. The summed E-state index contributed by atoms with van der Waals surface area (Å²) in [6.07, 6.45) is -1.43. The van der Waals surface area contributed by atoms with Crippen molar-refractivity contribution in [3.05, 3.63) is 176 Å². The predicted molar refractivity (Wildman–Crippen MR) is 212 cm³/mol. The number of phenols is 1. The molecule has 5 aromatic carbocycles. The highest BCUT2D eigenvalue weighted by Gasteiger charge is 2.19. The third kappa shape index (κ3) is 10.3. The predicted octanol–water partition coefficient (Wildman–Crippen LogP) is 7.18. The fraction of sp³-hybridized carbons (Fsp3) is 0.186. The second-order valence-corrected chi connectivity index (χ2v) is 13.5. The van der Waals surface area contributed by atoms with Crippen LogP contribution in [-0.2, 0) is 13.2 Å². The van der Waals surface area contributed by atoms with Crippen molar-refractivity contribution >= 4 is 34.5 Å². The van der Waals surface area contributed by atoms with Gasteiger partial charge in [-0.3, -0.25) is 9.59 Å². The van der Waals surface area contributed by atoms with Crippen molar-refractivity contribution in [3.63, 3.8) is 0 Å². The summed E-state index contributed by atoms with van der Waals surface area (Å²) < 4.78 is 6.08. The number of hydrogen-bond donors (Lipinski definition) is 6. The van der Waals surface area contributed by atoms with Crippen LogP contribution in [0.1, 0.15) is 56.7 Å². The highest BCUT2D eigenvalue weighted by molar-refractivity contribution is 6.30. The van der Waals surface area contributed by atoms with Crippen LogP contribution in [0, 0.1) is 0 Å². The molecule has 0 fully saturated rings. The van der Waals surface area contributed by atoms with Crippen LogP contribution in [0.5, 0.6) is 11.5 Å². The van der Waals surface area contributed by atoms with E-state index >= 15 is 0 Å². The fourth-order valence-corrected chi connectivity index (χ4v) is 6.62. The van der Waals surface area contributed by atoms with Crippen LogP contribution >= 0.6 is 11.6 Å². The van der Waals surface area contributed by atoms with E-state index in [1.165, 1.54) is 12.1 Å². The lowest BCUT2D eigenvalue weighted by Gasteiger charge is -2.24. The molecule has 0 aliphatic rings. The molecule has 0 saturated carbocycles. The number of aliphatic hydroxyl groups is 1. The van der Waals surface area contributed by atoms with E-state index < -0.39 is 18.2 Å². The molecule has 0 spiro atoms. The zero-order valence-electron chi connectivity index (χ0n) is 29.8. The van der Waals surface area contributed by atoms with Gasteiger partial charge < -0.3 is 40.6 Å². The third-order valence-electron chi connectivity index (χ3n) is 9.13. The molecule has 1 aromatic heterocycles. The summed E-state index contributed by atoms with van der Waals surface area (Å²) in [7, 11) is 0. The molecule has 0 aliphatic carbocycles. The summed E-state index contributed by atoms with van der Waals surface area (Å²) in [4.78, 5) is 41.6. The Morgan fingerprint density at radius 2 is 1.60 bits per heavy atom. The number of hydrogen-bond acceptors (Lipinski definition) is 7. The fourth-order valence-electron chi connectivity index (χ4n) is 6.41. The number of aliphatic hydroxyl groups excluding tert-OH is 1. The monoisotopic (exact) mass is 760 g/mol. The summed E-state index contributed by atoms with van der Waals surface area (Å²) in [5.74, 6) is 0.353. The maximum atomic E-state index is 13.9. The molecule has 6 aromatic rings. The summed E-state index contributed by atoms with van der Waals surface area (Å²) in [6, 6.07) is 36.7. The Balaban J connectivity index is 1.07. The summed E-state index contributed by atoms with van der Waals surface area (Å²) >= 11 is 6.26. The second-order valence-electron chi connectivity index (χ2n) is 13.1. The average molecular weight is 761 g/mol. The molecule has 12 heteroatoms. The Morgan fingerprint density at radius 1 is 0.836 bits per heavy atom. The van der Waals surface area contributed by atoms with Crippen LogP contribution in [0.4, 0.5) is 4.79 Å². The van der Waals surface area contributed by atoms with E-state index in [2.05, 4.69) is 15.6 Å². The van der Waals surface area contributed by atoms with E-state index in [1.54, 1.807) is 35.2 Å². The largest absolute Gasteiger partial charge is 0.506 e. The summed E-state index contributed by atoms with van der Waals surface area (Å²) in [5.41, 5.74) is 4.29. The lowest BCUT2D eigenvalue weighted by molar-refractivity contribution is 0.0740. The molecular formula is C43H41ClN4O7. The number of rotatable bonds is 16. The molecule has 2 amide bonds. The van der Waals surface area contributed by atoms with Crippen molar-refractivity contribution in [2.45, 2.75) is 31.7 Å². The number of aromatic amines is 1. The number of aromatic nitrogens is 1. The Morgan fingerprint density at radius 3 is 2.36 bits per heavy atom. The number of amides is 2. The lowest BCUT2D eigenvalue weighted by atomic mass is 9.98. The first kappa shape index (κ1) is 38.6. The topological polar surface area (TPSA) is 164 Å². The first-order chi connectivity index (χ1) is 26.6. The zero-order valence-corrected chi connectivity index (χ0v) is 30.6. The number of phenolic OH excluding ortho intramolecular Hbond substituents is 1. The molecule has 0 bridgehead atoms. The standard InChI is InChI=1S/C43H41ClN4O7/c44-33-11-4-7-29(23-33)26-48(22-6-21-45-25-38(50)35-17-19-37(49)41-36(35)18-20-39(51)46-41)42(52)31-15-13-28(14-16-31)27-55-34-12-5-10-32(24-34)40(47-43(53)54)30-8-2-1-3-9-30/h1-5,7-20,23-24,38,40,45,47,49-50H,6,21-22,25-27H2,(H,46,51)(H,53,54)/t38-,40?/m1/s1. The van der Waals surface area contributed by atoms with E-state index in [0.29, 0.717) is 53.3 Å². The van der Waals surface area contributed by atoms with Gasteiger partial charge in [-0.05, 0) is 89.3 Å². The number of pyridine rings is 1. The van der Waals surface area contributed by atoms with Crippen molar-refractivity contribution in [2.75, 3.05) is 19.6 Å². The zero-order chi connectivity index (χ0) is 38.7. The molecule has 2 atom stereocenters. The van der Waals surface area contributed by atoms with Crippen LogP contribution < -0.4 is 20.9 Å². The smallest absolute Gasteiger partial charge is 0.405 e. The number of nitrogens with one attached hydrogen (secondary N) is 3. The maximum absolute atomic E-state index is 13.9. The van der Waals surface area contributed by atoms with Crippen LogP contribution in [0.15, 0.2) is 132 Å². The number of aromatic hydroxyl groups is 1. The molecule has 6 N–H and O–H groups in total. The van der Waals surface area contributed by atoms with Crippen LogP contribution in [0.25, 0.3) is 10.9 Å². The van der Waals surface area contributed by atoms with Crippen molar-refractivity contribution < 1.29 is 29.6 Å². The number of nitrogens with zero attached hydrogens (tertiary/aromatic N) is 1. The highest BCUT2D eigenvalue weighted by Crippen LogP contribution is 2.29. The van der Waals surface area contributed by atoms with Crippen LogP contribution in [-0.4, -0.2) is 56.8 Å². The minimum absolute atomic E-state index is 0.0727. The van der Waals surface area contributed by atoms with Gasteiger partial charge in [-0.25, -0.2) is 4.79 Å². The Kier molecular flexibility index (Phi) is 12.8. The Hall–Kier alpha value is -6.14. The van der Waals surface area contributed by atoms with Gasteiger partial charge in [0.25, 0.3) is 5.91 Å². The summed E-state index contributed by atoms with van der Waals surface area (Å²) in [5, 5.41) is 37.5. The van der Waals surface area contributed by atoms with Gasteiger partial charge in [-0.2, -0.15) is 0 Å². The van der Waals surface area contributed by atoms with Gasteiger partial charge in [0, 0.05) is 41.7 Å². The molecular weight excluding hydrogens is 720 g/mol. The van der Waals surface area contributed by atoms with Gasteiger partial charge >= 0.3 is 6.09 Å². The van der Waals surface area contributed by atoms with E-state index in [4.69, 9.17) is 16.3 Å². The quantitative estimate of drug-likeness (QED) is 0.0565. The minimum Gasteiger partial charge on any atom is -0.506 e. The van der Waals surface area contributed by atoms with Crippen LogP contribution in [0.2, 0.25) is 5.02 Å². The molecule has 55 heavy (non-hydrogen) atoms. The molecule has 0 radical (unpaired) electrons. The van der Waals surface area contributed by atoms with Gasteiger partial charge in [-0.1, -0.05) is 84.4 Å². The minimum atomic E-state index is -1.13. The van der Waals surface area contributed by atoms with E-state index in [9.17, 15) is 29.7 Å². The maximum Gasteiger partial charge on any atom is 0.405 e. The van der Waals surface area contributed by atoms with E-state index in [1.807, 2.05) is 84.9 Å². The number of ether oxygens (including phenoxy) is 1. The van der Waals surface area contributed by atoms with Crippen molar-refractivity contribution in [1.29, 1.82) is 0 Å². The van der Waals surface area contributed by atoms with Crippen molar-refractivity contribution in [1.82, 2.24) is 20.5 Å². The van der Waals surface area contributed by atoms with E-state index in [-0.39, 0.29) is 35.9 Å². The summed E-state index contributed by atoms with van der Waals surface area (Å²) in [6.45, 7) is 1.75. The highest BCUT2D eigenvalue weighted by atomic mass is 35.5. The number of carboxylic acid groups (broad SMARTS) is 1. The molecule has 282 valence electrons. The molecule has 1 heterocycles.